The van der Waals surface area contributed by atoms with Crippen LogP contribution in [0.2, 0.25) is 0 Å². The first-order valence-electron chi connectivity index (χ1n) is 4.38. The number of carboxylic acids is 1. The maximum Gasteiger partial charge on any atom is 0.307 e. The zero-order chi connectivity index (χ0) is 11.4. The van der Waals surface area contributed by atoms with E-state index in [4.69, 9.17) is 10.4 Å². The topological polar surface area (TPSA) is 61.1 Å². The number of hydrogen-bond donors (Lipinski definition) is 1. The fraction of sp³-hybridized carbons (Fsp3) is 0.273. The van der Waals surface area contributed by atoms with Gasteiger partial charge in [0.2, 0.25) is 0 Å². The molecule has 1 aromatic rings. The van der Waals surface area contributed by atoms with E-state index in [1.807, 2.05) is 13.0 Å². The SMILES string of the molecule is Cc1cc(CBr)c(C#N)c(CC(=O)O)c1. The number of aliphatic carboxylic acids is 1. The number of nitriles is 1. The van der Waals surface area contributed by atoms with E-state index in [-0.39, 0.29) is 6.42 Å². The summed E-state index contributed by atoms with van der Waals surface area (Å²) in [6, 6.07) is 5.69. The van der Waals surface area contributed by atoms with Gasteiger partial charge in [-0.3, -0.25) is 4.79 Å². The molecule has 15 heavy (non-hydrogen) atoms. The summed E-state index contributed by atoms with van der Waals surface area (Å²) in [5, 5.41) is 18.3. The highest BCUT2D eigenvalue weighted by Crippen LogP contribution is 2.19. The molecular weight excluding hydrogens is 258 g/mol. The molecule has 0 aliphatic rings. The molecule has 1 rings (SSSR count). The molecular formula is C11H10BrNO2. The Morgan fingerprint density at radius 3 is 2.60 bits per heavy atom. The van der Waals surface area contributed by atoms with Crippen LogP contribution in [0.5, 0.6) is 0 Å². The smallest absolute Gasteiger partial charge is 0.307 e. The molecule has 78 valence electrons. The highest BCUT2D eigenvalue weighted by molar-refractivity contribution is 9.08. The third kappa shape index (κ3) is 2.80. The lowest BCUT2D eigenvalue weighted by molar-refractivity contribution is -0.136. The Morgan fingerprint density at radius 1 is 1.53 bits per heavy atom. The number of alkyl halides is 1. The zero-order valence-electron chi connectivity index (χ0n) is 8.25. The zero-order valence-corrected chi connectivity index (χ0v) is 9.84. The molecule has 0 unspecified atom stereocenters. The van der Waals surface area contributed by atoms with Crippen LogP contribution >= 0.6 is 15.9 Å². The summed E-state index contributed by atoms with van der Waals surface area (Å²) in [5.74, 6) is -0.919. The lowest BCUT2D eigenvalue weighted by Gasteiger charge is -2.07. The van der Waals surface area contributed by atoms with Crippen molar-refractivity contribution in [2.75, 3.05) is 0 Å². The van der Waals surface area contributed by atoms with Crippen molar-refractivity contribution in [2.24, 2.45) is 0 Å². The maximum atomic E-state index is 10.6. The molecule has 0 aliphatic carbocycles. The van der Waals surface area contributed by atoms with Gasteiger partial charge >= 0.3 is 5.97 Å². The highest BCUT2D eigenvalue weighted by atomic mass is 79.9. The highest BCUT2D eigenvalue weighted by Gasteiger charge is 2.11. The average Bonchev–Trinajstić information content (AvgIpc) is 2.15. The second-order valence-corrected chi connectivity index (χ2v) is 3.83. The van der Waals surface area contributed by atoms with Gasteiger partial charge in [0.1, 0.15) is 0 Å². The molecule has 0 amide bonds. The predicted molar refractivity (Wildman–Crippen MR) is 59.9 cm³/mol. The molecule has 0 bridgehead atoms. The van der Waals surface area contributed by atoms with E-state index in [1.165, 1.54) is 0 Å². The second kappa shape index (κ2) is 4.94. The van der Waals surface area contributed by atoms with Gasteiger partial charge in [-0.2, -0.15) is 5.26 Å². The Balaban J connectivity index is 3.30. The Labute approximate surface area is 96.5 Å². The van der Waals surface area contributed by atoms with Gasteiger partial charge in [-0.1, -0.05) is 33.6 Å². The quantitative estimate of drug-likeness (QED) is 0.856. The predicted octanol–water partition coefficient (Wildman–Crippen LogP) is 2.39. The second-order valence-electron chi connectivity index (χ2n) is 3.27. The van der Waals surface area contributed by atoms with E-state index in [1.54, 1.807) is 6.07 Å². The van der Waals surface area contributed by atoms with Crippen LogP contribution in [0.25, 0.3) is 0 Å². The van der Waals surface area contributed by atoms with E-state index in [0.717, 1.165) is 11.1 Å². The molecule has 0 aliphatic heterocycles. The maximum absolute atomic E-state index is 10.6. The molecule has 0 heterocycles. The summed E-state index contributed by atoms with van der Waals surface area (Å²) < 4.78 is 0. The summed E-state index contributed by atoms with van der Waals surface area (Å²) in [6.45, 7) is 1.89. The number of aryl methyl sites for hydroxylation is 1. The van der Waals surface area contributed by atoms with Gasteiger partial charge in [0, 0.05) is 5.33 Å². The van der Waals surface area contributed by atoms with Crippen molar-refractivity contribution >= 4 is 21.9 Å². The van der Waals surface area contributed by atoms with Crippen molar-refractivity contribution in [3.63, 3.8) is 0 Å². The van der Waals surface area contributed by atoms with Crippen LogP contribution in [0.15, 0.2) is 12.1 Å². The first kappa shape index (κ1) is 11.7. The van der Waals surface area contributed by atoms with Gasteiger partial charge in [0.15, 0.2) is 0 Å². The lowest BCUT2D eigenvalue weighted by Crippen LogP contribution is -2.04. The average molecular weight is 268 g/mol. The van der Waals surface area contributed by atoms with Crippen molar-refractivity contribution in [1.82, 2.24) is 0 Å². The van der Waals surface area contributed by atoms with E-state index >= 15 is 0 Å². The first-order chi connectivity index (χ1) is 7.08. The van der Waals surface area contributed by atoms with E-state index in [0.29, 0.717) is 16.5 Å². The van der Waals surface area contributed by atoms with E-state index in [9.17, 15) is 4.79 Å². The Morgan fingerprint density at radius 2 is 2.13 bits per heavy atom. The fourth-order valence-corrected chi connectivity index (χ4v) is 1.94. The van der Waals surface area contributed by atoms with Gasteiger partial charge in [-0.05, 0) is 18.1 Å². The third-order valence-corrected chi connectivity index (χ3v) is 2.65. The molecule has 0 atom stereocenters. The Hall–Kier alpha value is -1.34. The van der Waals surface area contributed by atoms with Gasteiger partial charge in [-0.15, -0.1) is 0 Å². The minimum atomic E-state index is -0.919. The molecule has 4 heteroatoms. The minimum absolute atomic E-state index is 0.107. The summed E-state index contributed by atoms with van der Waals surface area (Å²) in [7, 11) is 0. The van der Waals surface area contributed by atoms with Gasteiger partial charge in [0.25, 0.3) is 0 Å². The van der Waals surface area contributed by atoms with Crippen molar-refractivity contribution in [1.29, 1.82) is 5.26 Å². The molecule has 0 aromatic heterocycles. The third-order valence-electron chi connectivity index (χ3n) is 2.04. The molecule has 0 saturated heterocycles. The van der Waals surface area contributed by atoms with Crippen molar-refractivity contribution < 1.29 is 9.90 Å². The number of halogens is 1. The van der Waals surface area contributed by atoms with E-state index < -0.39 is 5.97 Å². The number of carboxylic acid groups (broad SMARTS) is 1. The molecule has 0 saturated carbocycles. The van der Waals surface area contributed by atoms with Crippen molar-refractivity contribution in [2.45, 2.75) is 18.7 Å². The monoisotopic (exact) mass is 267 g/mol. The summed E-state index contributed by atoms with van der Waals surface area (Å²) >= 11 is 3.29. The standard InChI is InChI=1S/C11H10BrNO2/c1-7-2-8(4-11(14)15)10(6-13)9(3-7)5-12/h2-3H,4-5H2,1H3,(H,14,15). The number of nitrogens with zero attached hydrogens (tertiary/aromatic N) is 1. The molecule has 0 fully saturated rings. The summed E-state index contributed by atoms with van der Waals surface area (Å²) in [4.78, 5) is 10.6. The number of benzene rings is 1. The van der Waals surface area contributed by atoms with Crippen LogP contribution in [-0.4, -0.2) is 11.1 Å². The minimum Gasteiger partial charge on any atom is -0.481 e. The molecule has 1 N–H and O–H groups in total. The van der Waals surface area contributed by atoms with Crippen molar-refractivity contribution in [3.05, 3.63) is 34.4 Å². The van der Waals surface area contributed by atoms with Crippen LogP contribution in [-0.2, 0) is 16.5 Å². The lowest BCUT2D eigenvalue weighted by atomic mass is 9.98. The first-order valence-corrected chi connectivity index (χ1v) is 5.51. The van der Waals surface area contributed by atoms with Crippen LogP contribution in [0, 0.1) is 18.3 Å². The fourth-order valence-electron chi connectivity index (χ4n) is 1.49. The Bertz CT molecular complexity index is 435. The largest absolute Gasteiger partial charge is 0.481 e. The Kier molecular flexibility index (Phi) is 3.87. The normalized spacial score (nSPS) is 9.67. The van der Waals surface area contributed by atoms with Crippen LogP contribution in [0.3, 0.4) is 0 Å². The number of rotatable bonds is 3. The van der Waals surface area contributed by atoms with Gasteiger partial charge in [0.05, 0.1) is 18.1 Å². The van der Waals surface area contributed by atoms with E-state index in [2.05, 4.69) is 22.0 Å². The molecule has 0 radical (unpaired) electrons. The molecule has 1 aromatic carbocycles. The van der Waals surface area contributed by atoms with Crippen LogP contribution in [0.1, 0.15) is 22.3 Å². The molecule has 0 spiro atoms. The number of hydrogen-bond acceptors (Lipinski definition) is 2. The van der Waals surface area contributed by atoms with Crippen LogP contribution in [0.4, 0.5) is 0 Å². The van der Waals surface area contributed by atoms with Gasteiger partial charge < -0.3 is 5.11 Å². The van der Waals surface area contributed by atoms with Crippen molar-refractivity contribution in [3.8, 4) is 6.07 Å². The molecule has 3 nitrogen and oxygen atoms in total. The van der Waals surface area contributed by atoms with Gasteiger partial charge in [-0.25, -0.2) is 0 Å². The van der Waals surface area contributed by atoms with Crippen LogP contribution < -0.4 is 0 Å². The number of carbonyl (C=O) groups is 1. The summed E-state index contributed by atoms with van der Waals surface area (Å²) in [5.41, 5.74) is 2.87. The summed E-state index contributed by atoms with van der Waals surface area (Å²) in [6.07, 6.45) is -0.107.